The topological polar surface area (TPSA) is 68.7 Å². The predicted octanol–water partition coefficient (Wildman–Crippen LogP) is 5.04. The van der Waals surface area contributed by atoms with Gasteiger partial charge < -0.3 is 10.3 Å². The number of aryl methyl sites for hydroxylation is 1. The SMILES string of the molecule is Cc1[nH]c2ccccc2c1/C=C(\C#N)C(=O)Nc1cccc(C(F)(F)F)c1. The van der Waals surface area contributed by atoms with E-state index in [1.54, 1.807) is 0 Å². The number of carbonyl (C=O) groups excluding carboxylic acids is 1. The second-order valence-electron chi connectivity index (χ2n) is 5.91. The first-order valence-corrected chi connectivity index (χ1v) is 7.97. The Bertz CT molecular complexity index is 1090. The summed E-state index contributed by atoms with van der Waals surface area (Å²) < 4.78 is 38.4. The van der Waals surface area contributed by atoms with Gasteiger partial charge in [0, 0.05) is 27.8 Å². The zero-order chi connectivity index (χ0) is 19.6. The van der Waals surface area contributed by atoms with Crippen molar-refractivity contribution in [1.82, 2.24) is 4.98 Å². The molecule has 0 fully saturated rings. The van der Waals surface area contributed by atoms with Crippen LogP contribution in [0.15, 0.2) is 54.1 Å². The Kier molecular flexibility index (Phi) is 4.74. The van der Waals surface area contributed by atoms with Crippen LogP contribution in [0, 0.1) is 18.3 Å². The average molecular weight is 369 g/mol. The number of carbonyl (C=O) groups is 1. The number of halogens is 3. The fraction of sp³-hybridized carbons (Fsp3) is 0.100. The van der Waals surface area contributed by atoms with Crippen LogP contribution in [0.2, 0.25) is 0 Å². The third kappa shape index (κ3) is 3.85. The molecule has 0 aliphatic carbocycles. The molecule has 7 heteroatoms. The van der Waals surface area contributed by atoms with Crippen LogP contribution in [0.3, 0.4) is 0 Å². The van der Waals surface area contributed by atoms with Crippen molar-refractivity contribution >= 4 is 28.6 Å². The molecule has 0 atom stereocenters. The summed E-state index contributed by atoms with van der Waals surface area (Å²) in [6.45, 7) is 1.81. The standard InChI is InChI=1S/C20H14F3N3O/c1-12-17(16-7-2-3-8-18(16)25-12)9-13(11-24)19(27)26-15-6-4-5-14(10-15)20(21,22)23/h2-10,25H,1H3,(H,26,27)/b13-9+. The number of hydrogen-bond donors (Lipinski definition) is 2. The first-order valence-electron chi connectivity index (χ1n) is 7.97. The lowest BCUT2D eigenvalue weighted by Gasteiger charge is -2.09. The molecule has 4 nitrogen and oxygen atoms in total. The van der Waals surface area contributed by atoms with Crippen molar-refractivity contribution in [1.29, 1.82) is 5.26 Å². The maximum Gasteiger partial charge on any atom is 0.416 e. The minimum atomic E-state index is -4.52. The van der Waals surface area contributed by atoms with Gasteiger partial charge in [0.25, 0.3) is 5.91 Å². The van der Waals surface area contributed by atoms with Crippen molar-refractivity contribution in [3.8, 4) is 6.07 Å². The average Bonchev–Trinajstić information content (AvgIpc) is 2.94. The van der Waals surface area contributed by atoms with Crippen LogP contribution in [0.4, 0.5) is 18.9 Å². The summed E-state index contributed by atoms with van der Waals surface area (Å²) in [5.74, 6) is -0.776. The van der Waals surface area contributed by atoms with E-state index >= 15 is 0 Å². The number of H-pyrrole nitrogens is 1. The summed E-state index contributed by atoms with van der Waals surface area (Å²) in [6.07, 6.45) is -3.09. The highest BCUT2D eigenvalue weighted by Gasteiger charge is 2.30. The Hall–Kier alpha value is -3.53. The molecule has 0 aliphatic heterocycles. The quantitative estimate of drug-likeness (QED) is 0.502. The zero-order valence-corrected chi connectivity index (χ0v) is 14.2. The molecule has 0 aliphatic rings. The van der Waals surface area contributed by atoms with Crippen LogP contribution in [0.25, 0.3) is 17.0 Å². The molecule has 136 valence electrons. The first-order chi connectivity index (χ1) is 12.8. The molecule has 3 aromatic rings. The van der Waals surface area contributed by atoms with Crippen molar-refractivity contribution in [3.05, 3.63) is 70.9 Å². The Morgan fingerprint density at radius 3 is 2.63 bits per heavy atom. The molecular weight excluding hydrogens is 355 g/mol. The minimum Gasteiger partial charge on any atom is -0.358 e. The fourth-order valence-electron chi connectivity index (χ4n) is 2.75. The van der Waals surface area contributed by atoms with E-state index in [1.165, 1.54) is 18.2 Å². The Morgan fingerprint density at radius 2 is 1.93 bits per heavy atom. The number of alkyl halides is 3. The highest BCUT2D eigenvalue weighted by molar-refractivity contribution is 6.11. The smallest absolute Gasteiger partial charge is 0.358 e. The lowest BCUT2D eigenvalue weighted by Crippen LogP contribution is -2.14. The summed E-state index contributed by atoms with van der Waals surface area (Å²) in [5.41, 5.74) is 1.19. The molecule has 3 rings (SSSR count). The van der Waals surface area contributed by atoms with E-state index in [-0.39, 0.29) is 11.3 Å². The van der Waals surface area contributed by atoms with E-state index in [9.17, 15) is 23.2 Å². The molecule has 2 N–H and O–H groups in total. The van der Waals surface area contributed by atoms with Crippen LogP contribution in [0.5, 0.6) is 0 Å². The monoisotopic (exact) mass is 369 g/mol. The number of nitrogens with one attached hydrogen (secondary N) is 2. The second-order valence-corrected chi connectivity index (χ2v) is 5.91. The number of hydrogen-bond acceptors (Lipinski definition) is 2. The molecule has 0 unspecified atom stereocenters. The van der Waals surface area contributed by atoms with E-state index < -0.39 is 17.6 Å². The lowest BCUT2D eigenvalue weighted by molar-refractivity contribution is -0.137. The summed E-state index contributed by atoms with van der Waals surface area (Å²) in [6, 6.07) is 13.5. The molecule has 1 amide bonds. The van der Waals surface area contributed by atoms with Gasteiger partial charge >= 0.3 is 6.18 Å². The molecular formula is C20H14F3N3O. The number of nitrogens with zero attached hydrogens (tertiary/aromatic N) is 1. The van der Waals surface area contributed by atoms with Crippen molar-refractivity contribution in [2.75, 3.05) is 5.32 Å². The zero-order valence-electron chi connectivity index (χ0n) is 14.2. The number of aromatic amines is 1. The number of aromatic nitrogens is 1. The Balaban J connectivity index is 1.92. The maximum absolute atomic E-state index is 12.8. The summed E-state index contributed by atoms with van der Waals surface area (Å²) >= 11 is 0. The highest BCUT2D eigenvalue weighted by atomic mass is 19.4. The molecule has 27 heavy (non-hydrogen) atoms. The number of anilines is 1. The predicted molar refractivity (Wildman–Crippen MR) is 96.7 cm³/mol. The van der Waals surface area contributed by atoms with Gasteiger partial charge in [0.1, 0.15) is 11.6 Å². The van der Waals surface area contributed by atoms with E-state index in [0.29, 0.717) is 5.56 Å². The molecule has 1 aromatic heterocycles. The summed E-state index contributed by atoms with van der Waals surface area (Å²) in [4.78, 5) is 15.5. The van der Waals surface area contributed by atoms with E-state index in [4.69, 9.17) is 0 Å². The van der Waals surface area contributed by atoms with Crippen molar-refractivity contribution < 1.29 is 18.0 Å². The number of amides is 1. The number of para-hydroxylation sites is 1. The first kappa shape index (κ1) is 18.3. The fourth-order valence-corrected chi connectivity index (χ4v) is 2.75. The van der Waals surface area contributed by atoms with Crippen LogP contribution >= 0.6 is 0 Å². The minimum absolute atomic E-state index is 0.0355. The van der Waals surface area contributed by atoms with Gasteiger partial charge in [0.05, 0.1) is 5.56 Å². The number of benzene rings is 2. The molecule has 0 bridgehead atoms. The largest absolute Gasteiger partial charge is 0.416 e. The Labute approximate surface area is 152 Å². The van der Waals surface area contributed by atoms with E-state index in [1.807, 2.05) is 37.3 Å². The summed E-state index contributed by atoms with van der Waals surface area (Å²) in [5, 5.41) is 12.5. The number of fused-ring (bicyclic) bond motifs is 1. The molecule has 0 spiro atoms. The molecule has 2 aromatic carbocycles. The van der Waals surface area contributed by atoms with Gasteiger partial charge in [0.15, 0.2) is 0 Å². The normalized spacial score (nSPS) is 12.0. The highest BCUT2D eigenvalue weighted by Crippen LogP contribution is 2.31. The van der Waals surface area contributed by atoms with Gasteiger partial charge in [-0.1, -0.05) is 24.3 Å². The molecule has 1 heterocycles. The Morgan fingerprint density at radius 1 is 1.19 bits per heavy atom. The second kappa shape index (κ2) is 7.00. The lowest BCUT2D eigenvalue weighted by atomic mass is 10.1. The van der Waals surface area contributed by atoms with Crippen molar-refractivity contribution in [3.63, 3.8) is 0 Å². The van der Waals surface area contributed by atoms with Gasteiger partial charge in [0.2, 0.25) is 0 Å². The molecule has 0 saturated carbocycles. The van der Waals surface area contributed by atoms with Gasteiger partial charge in [-0.2, -0.15) is 18.4 Å². The third-order valence-electron chi connectivity index (χ3n) is 4.04. The van der Waals surface area contributed by atoms with Gasteiger partial charge in [-0.15, -0.1) is 0 Å². The van der Waals surface area contributed by atoms with Gasteiger partial charge in [-0.25, -0.2) is 0 Å². The number of nitriles is 1. The van der Waals surface area contributed by atoms with Gasteiger partial charge in [-0.05, 0) is 37.3 Å². The van der Waals surface area contributed by atoms with Crippen molar-refractivity contribution in [2.45, 2.75) is 13.1 Å². The van der Waals surface area contributed by atoms with Crippen LogP contribution in [-0.4, -0.2) is 10.9 Å². The molecule has 0 saturated heterocycles. The van der Waals surface area contributed by atoms with Crippen LogP contribution in [0.1, 0.15) is 16.8 Å². The van der Waals surface area contributed by atoms with Crippen LogP contribution in [-0.2, 0) is 11.0 Å². The van der Waals surface area contributed by atoms with Gasteiger partial charge in [-0.3, -0.25) is 4.79 Å². The summed E-state index contributed by atoms with van der Waals surface area (Å²) in [7, 11) is 0. The van der Waals surface area contributed by atoms with Crippen LogP contribution < -0.4 is 5.32 Å². The number of rotatable bonds is 3. The van der Waals surface area contributed by atoms with E-state index in [2.05, 4.69) is 10.3 Å². The third-order valence-corrected chi connectivity index (χ3v) is 4.04. The maximum atomic E-state index is 12.8. The van der Waals surface area contributed by atoms with E-state index in [0.717, 1.165) is 28.7 Å². The molecule has 0 radical (unpaired) electrons. The van der Waals surface area contributed by atoms with Crippen molar-refractivity contribution in [2.24, 2.45) is 0 Å².